The molecule has 0 saturated carbocycles. The molecule has 0 saturated heterocycles. The van der Waals surface area contributed by atoms with Crippen LogP contribution in [0.4, 0.5) is 28.8 Å². The third kappa shape index (κ3) is 5.44. The molecule has 2 N–H and O–H groups in total. The molecule has 3 aromatic rings. The molecule has 10 nitrogen and oxygen atoms in total. The largest absolute Gasteiger partial charge is 0.497 e. The highest BCUT2D eigenvalue weighted by Crippen LogP contribution is 2.29. The molecule has 10 heteroatoms. The quantitative estimate of drug-likeness (QED) is 0.319. The van der Waals surface area contributed by atoms with Gasteiger partial charge < -0.3 is 15.0 Å². The van der Waals surface area contributed by atoms with E-state index < -0.39 is 4.92 Å². The molecule has 0 radical (unpaired) electrons. The van der Waals surface area contributed by atoms with Gasteiger partial charge in [0.15, 0.2) is 0 Å². The fourth-order valence-corrected chi connectivity index (χ4v) is 2.76. The predicted molar refractivity (Wildman–Crippen MR) is 122 cm³/mol. The number of hydrazone groups is 1. The molecule has 31 heavy (non-hydrogen) atoms. The van der Waals surface area contributed by atoms with Crippen molar-refractivity contribution in [3.05, 3.63) is 69.9 Å². The lowest BCUT2D eigenvalue weighted by Gasteiger charge is -2.11. The number of hydrogen-bond donors (Lipinski definition) is 2. The molecule has 0 atom stereocenters. The Morgan fingerprint density at radius 3 is 2.35 bits per heavy atom. The van der Waals surface area contributed by atoms with Crippen molar-refractivity contribution >= 4 is 35.0 Å². The van der Waals surface area contributed by atoms with Gasteiger partial charge in [0.1, 0.15) is 11.4 Å². The maximum Gasteiger partial charge on any atom is 0.332 e. The van der Waals surface area contributed by atoms with E-state index in [1.54, 1.807) is 44.5 Å². The van der Waals surface area contributed by atoms with Crippen molar-refractivity contribution in [3.63, 3.8) is 0 Å². The summed E-state index contributed by atoms with van der Waals surface area (Å²) < 4.78 is 5.13. The highest BCUT2D eigenvalue weighted by molar-refractivity contribution is 5.81. The Hall–Kier alpha value is -4.21. The first-order valence-corrected chi connectivity index (χ1v) is 9.38. The van der Waals surface area contributed by atoms with Gasteiger partial charge in [0.2, 0.25) is 11.8 Å². The van der Waals surface area contributed by atoms with E-state index in [1.165, 1.54) is 0 Å². The number of hydrogen-bond acceptors (Lipinski definition) is 9. The molecule has 0 amide bonds. The Kier molecular flexibility index (Phi) is 6.61. The summed E-state index contributed by atoms with van der Waals surface area (Å²) in [4.78, 5) is 21.4. The molecular weight excluding hydrogens is 398 g/mol. The first-order valence-electron chi connectivity index (χ1n) is 9.38. The summed E-state index contributed by atoms with van der Waals surface area (Å²) in [5.41, 5.74) is 5.33. The Labute approximate surface area is 179 Å². The summed E-state index contributed by atoms with van der Waals surface area (Å²) in [5, 5.41) is 18.6. The predicted octanol–water partition coefficient (Wildman–Crippen LogP) is 3.96. The fourth-order valence-electron chi connectivity index (χ4n) is 2.76. The number of aryl methyl sites for hydroxylation is 1. The second-order valence-corrected chi connectivity index (χ2v) is 6.80. The van der Waals surface area contributed by atoms with Gasteiger partial charge in [-0.15, -0.1) is 0 Å². The van der Waals surface area contributed by atoms with Gasteiger partial charge in [-0.05, 0) is 48.9 Å². The monoisotopic (exact) mass is 421 g/mol. The molecule has 0 aliphatic carbocycles. The molecular formula is C21H23N7O3. The van der Waals surface area contributed by atoms with Crippen molar-refractivity contribution in [3.8, 4) is 5.75 Å². The van der Waals surface area contributed by atoms with Crippen LogP contribution in [0.25, 0.3) is 0 Å². The first-order chi connectivity index (χ1) is 14.9. The van der Waals surface area contributed by atoms with Crippen LogP contribution in [0.15, 0.2) is 53.6 Å². The van der Waals surface area contributed by atoms with Crippen molar-refractivity contribution in [1.29, 1.82) is 0 Å². The Morgan fingerprint density at radius 1 is 1.10 bits per heavy atom. The van der Waals surface area contributed by atoms with Gasteiger partial charge in [0, 0.05) is 25.5 Å². The smallest absolute Gasteiger partial charge is 0.332 e. The summed E-state index contributed by atoms with van der Waals surface area (Å²) in [5.74, 6) is 0.880. The molecule has 0 aliphatic heterocycles. The zero-order valence-corrected chi connectivity index (χ0v) is 17.7. The maximum absolute atomic E-state index is 11.5. The van der Waals surface area contributed by atoms with Gasteiger partial charge >= 0.3 is 5.69 Å². The molecule has 0 aliphatic rings. The number of aromatic nitrogens is 2. The average Bonchev–Trinajstić information content (AvgIpc) is 2.74. The van der Waals surface area contributed by atoms with Gasteiger partial charge in [-0.2, -0.15) is 10.1 Å². The van der Waals surface area contributed by atoms with E-state index in [0.29, 0.717) is 11.4 Å². The lowest BCUT2D eigenvalue weighted by atomic mass is 10.2. The molecule has 0 unspecified atom stereocenters. The lowest BCUT2D eigenvalue weighted by molar-refractivity contribution is -0.385. The minimum absolute atomic E-state index is 0.0655. The number of anilines is 4. The third-order valence-electron chi connectivity index (χ3n) is 4.38. The second kappa shape index (κ2) is 9.53. The van der Waals surface area contributed by atoms with Crippen molar-refractivity contribution in [2.75, 3.05) is 36.8 Å². The van der Waals surface area contributed by atoms with E-state index in [0.717, 1.165) is 11.3 Å². The number of nitro groups is 1. The summed E-state index contributed by atoms with van der Waals surface area (Å²) in [6.07, 6.45) is 1.62. The van der Waals surface area contributed by atoms with Crippen molar-refractivity contribution in [1.82, 2.24) is 9.97 Å². The Bertz CT molecular complexity index is 1080. The summed E-state index contributed by atoms with van der Waals surface area (Å²) in [6, 6.07) is 14.8. The molecule has 0 spiro atoms. The van der Waals surface area contributed by atoms with Crippen LogP contribution in [-0.4, -0.2) is 42.3 Å². The SMILES string of the molecule is COc1ccc(Nc2nc(N/N=C\c3ccc(N(C)C)cc3)nc(C)c2[N+](=O)[O-])cc1. The van der Waals surface area contributed by atoms with Crippen LogP contribution in [0, 0.1) is 17.0 Å². The standard InChI is InChI=1S/C21H23N7O3/c1-14-19(28(29)30)20(24-16-7-11-18(31-4)12-8-16)25-21(23-14)26-22-13-15-5-9-17(10-6-15)27(2)3/h5-13H,1-4H3,(H2,23,24,25,26)/b22-13-. The van der Waals surface area contributed by atoms with Crippen molar-refractivity contribution in [2.24, 2.45) is 5.10 Å². The minimum Gasteiger partial charge on any atom is -0.497 e. The maximum atomic E-state index is 11.5. The number of nitrogens with one attached hydrogen (secondary N) is 2. The van der Waals surface area contributed by atoms with E-state index in [-0.39, 0.29) is 23.1 Å². The summed E-state index contributed by atoms with van der Waals surface area (Å²) >= 11 is 0. The molecule has 2 aromatic carbocycles. The van der Waals surface area contributed by atoms with Gasteiger partial charge in [-0.1, -0.05) is 12.1 Å². The lowest BCUT2D eigenvalue weighted by Crippen LogP contribution is -2.08. The summed E-state index contributed by atoms with van der Waals surface area (Å²) in [7, 11) is 5.50. The Balaban J connectivity index is 1.81. The molecule has 0 fully saturated rings. The highest BCUT2D eigenvalue weighted by Gasteiger charge is 2.22. The molecule has 1 heterocycles. The van der Waals surface area contributed by atoms with E-state index in [2.05, 4.69) is 25.8 Å². The Morgan fingerprint density at radius 2 is 1.77 bits per heavy atom. The number of ether oxygens (including phenoxy) is 1. The van der Waals surface area contributed by atoms with E-state index in [4.69, 9.17) is 4.74 Å². The van der Waals surface area contributed by atoms with E-state index in [1.807, 2.05) is 43.3 Å². The fraction of sp³-hybridized carbons (Fsp3) is 0.190. The number of methoxy groups -OCH3 is 1. The van der Waals surface area contributed by atoms with Crippen molar-refractivity contribution < 1.29 is 9.66 Å². The van der Waals surface area contributed by atoms with Crippen LogP contribution in [0.5, 0.6) is 5.75 Å². The minimum atomic E-state index is -0.513. The molecule has 3 rings (SSSR count). The van der Waals surface area contributed by atoms with Crippen LogP contribution in [0.1, 0.15) is 11.3 Å². The highest BCUT2D eigenvalue weighted by atomic mass is 16.6. The number of nitrogens with zero attached hydrogens (tertiary/aromatic N) is 5. The number of rotatable bonds is 8. The van der Waals surface area contributed by atoms with Gasteiger partial charge in [-0.25, -0.2) is 10.4 Å². The third-order valence-corrected chi connectivity index (χ3v) is 4.38. The first kappa shape index (κ1) is 21.5. The topological polar surface area (TPSA) is 118 Å². The van der Waals surface area contributed by atoms with Crippen LogP contribution in [0.2, 0.25) is 0 Å². The van der Waals surface area contributed by atoms with E-state index in [9.17, 15) is 10.1 Å². The zero-order valence-electron chi connectivity index (χ0n) is 17.7. The van der Waals surface area contributed by atoms with E-state index >= 15 is 0 Å². The van der Waals surface area contributed by atoms with Crippen LogP contribution in [0.3, 0.4) is 0 Å². The number of benzene rings is 2. The van der Waals surface area contributed by atoms with Gasteiger partial charge in [0.25, 0.3) is 0 Å². The summed E-state index contributed by atoms with van der Waals surface area (Å²) in [6.45, 7) is 1.55. The van der Waals surface area contributed by atoms with Gasteiger partial charge in [0.05, 0.1) is 18.2 Å². The van der Waals surface area contributed by atoms with Crippen LogP contribution in [-0.2, 0) is 0 Å². The van der Waals surface area contributed by atoms with Gasteiger partial charge in [-0.3, -0.25) is 10.1 Å². The average molecular weight is 421 g/mol. The molecule has 0 bridgehead atoms. The van der Waals surface area contributed by atoms with Crippen molar-refractivity contribution in [2.45, 2.75) is 6.92 Å². The second-order valence-electron chi connectivity index (χ2n) is 6.80. The van der Waals surface area contributed by atoms with Crippen LogP contribution >= 0.6 is 0 Å². The molecule has 1 aromatic heterocycles. The zero-order chi connectivity index (χ0) is 22.4. The normalized spacial score (nSPS) is 10.7. The van der Waals surface area contributed by atoms with Crippen LogP contribution < -0.4 is 20.4 Å². The molecule has 160 valence electrons.